The maximum atomic E-state index is 12.3. The van der Waals surface area contributed by atoms with Gasteiger partial charge in [-0.15, -0.1) is 0 Å². The van der Waals surface area contributed by atoms with E-state index in [-0.39, 0.29) is 12.5 Å². The summed E-state index contributed by atoms with van der Waals surface area (Å²) in [6, 6.07) is 17.8. The molecule has 0 aromatic heterocycles. The summed E-state index contributed by atoms with van der Waals surface area (Å²) in [5.74, 6) is 1.19. The number of carbonyl (C=O) groups is 2. The molecule has 30 heavy (non-hydrogen) atoms. The number of piperidine rings is 1. The quantitative estimate of drug-likeness (QED) is 0.628. The van der Waals surface area contributed by atoms with E-state index >= 15 is 0 Å². The summed E-state index contributed by atoms with van der Waals surface area (Å²) in [6.07, 6.45) is 2.53. The van der Waals surface area contributed by atoms with E-state index in [1.807, 2.05) is 18.2 Å². The van der Waals surface area contributed by atoms with Crippen LogP contribution in [-0.2, 0) is 16.0 Å². The van der Waals surface area contributed by atoms with Crippen LogP contribution in [0.25, 0.3) is 0 Å². The fourth-order valence-electron chi connectivity index (χ4n) is 4.05. The second-order valence-electron chi connectivity index (χ2n) is 7.96. The molecule has 2 aliphatic heterocycles. The van der Waals surface area contributed by atoms with Gasteiger partial charge in [0.2, 0.25) is 6.10 Å². The fourth-order valence-corrected chi connectivity index (χ4v) is 4.05. The molecule has 4 rings (SSSR count). The molecule has 7 heteroatoms. The summed E-state index contributed by atoms with van der Waals surface area (Å²) >= 11 is 0. The number of benzene rings is 2. The van der Waals surface area contributed by atoms with Crippen LogP contribution >= 0.6 is 0 Å². The minimum absolute atomic E-state index is 0.110. The van der Waals surface area contributed by atoms with Crippen LogP contribution in [0.2, 0.25) is 0 Å². The molecule has 2 amide bonds. The molecule has 2 aromatic rings. The van der Waals surface area contributed by atoms with Gasteiger partial charge in [0.05, 0.1) is 13.1 Å². The molecule has 7 nitrogen and oxygen atoms in total. The van der Waals surface area contributed by atoms with Gasteiger partial charge in [0, 0.05) is 0 Å². The molecule has 2 aromatic carbocycles. The minimum Gasteiger partial charge on any atom is -0.485 e. The Morgan fingerprint density at radius 3 is 2.40 bits per heavy atom. The molecular weight excluding hydrogens is 382 g/mol. The highest BCUT2D eigenvalue weighted by Gasteiger charge is 2.28. The third-order valence-corrected chi connectivity index (χ3v) is 5.72. The van der Waals surface area contributed by atoms with Crippen molar-refractivity contribution >= 4 is 11.8 Å². The van der Waals surface area contributed by atoms with Crippen LogP contribution in [0, 0.1) is 5.92 Å². The number of carbonyl (C=O) groups excluding carboxylic acids is 2. The zero-order chi connectivity index (χ0) is 20.8. The van der Waals surface area contributed by atoms with E-state index in [4.69, 9.17) is 9.47 Å². The van der Waals surface area contributed by atoms with Crippen LogP contribution in [0.15, 0.2) is 54.6 Å². The molecule has 0 saturated carbocycles. The summed E-state index contributed by atoms with van der Waals surface area (Å²) in [4.78, 5) is 25.8. The predicted molar refractivity (Wildman–Crippen MR) is 111 cm³/mol. The lowest BCUT2D eigenvalue weighted by molar-refractivity contribution is -0.898. The van der Waals surface area contributed by atoms with Crippen molar-refractivity contribution in [3.63, 3.8) is 0 Å². The Hall–Kier alpha value is -3.06. The van der Waals surface area contributed by atoms with Crippen LogP contribution in [-0.4, -0.2) is 44.2 Å². The predicted octanol–water partition coefficient (Wildman–Crippen LogP) is 0.511. The molecule has 1 fully saturated rings. The smallest absolute Gasteiger partial charge is 0.293 e. The molecule has 0 unspecified atom stereocenters. The molecular formula is C23H28N3O4+. The Morgan fingerprint density at radius 2 is 1.63 bits per heavy atom. The number of ether oxygens (including phenoxy) is 2. The first-order chi connectivity index (χ1) is 14.7. The van der Waals surface area contributed by atoms with E-state index in [1.54, 1.807) is 12.1 Å². The third kappa shape index (κ3) is 5.30. The lowest BCUT2D eigenvalue weighted by Gasteiger charge is -2.29. The van der Waals surface area contributed by atoms with Crippen molar-refractivity contribution in [3.05, 3.63) is 60.2 Å². The van der Waals surface area contributed by atoms with E-state index in [2.05, 4.69) is 35.1 Å². The molecule has 2 heterocycles. The van der Waals surface area contributed by atoms with E-state index in [1.165, 1.54) is 10.5 Å². The summed E-state index contributed by atoms with van der Waals surface area (Å²) in [5, 5.41) is 0. The standard InChI is InChI=1S/C23H27N3O4/c27-22(15-26-12-10-18(11-13-26)14-17-6-2-1-3-7-17)24-25-23(28)21-16-29-19-8-4-5-9-20(19)30-21/h1-9,18,21H,10-16H2,(H,24,27)(H,25,28)/p+1/t21-/m1/s1. The van der Waals surface area contributed by atoms with E-state index < -0.39 is 12.0 Å². The molecule has 3 N–H and O–H groups in total. The molecule has 0 spiro atoms. The number of rotatable bonds is 5. The Morgan fingerprint density at radius 1 is 0.933 bits per heavy atom. The zero-order valence-corrected chi connectivity index (χ0v) is 16.9. The topological polar surface area (TPSA) is 81.1 Å². The van der Waals surface area contributed by atoms with E-state index in [0.29, 0.717) is 24.0 Å². The van der Waals surface area contributed by atoms with Gasteiger partial charge < -0.3 is 14.4 Å². The number of likely N-dealkylation sites (tertiary alicyclic amines) is 1. The van der Waals surface area contributed by atoms with Gasteiger partial charge in [0.25, 0.3) is 11.8 Å². The summed E-state index contributed by atoms with van der Waals surface area (Å²) in [5.41, 5.74) is 6.34. The van der Waals surface area contributed by atoms with Crippen molar-refractivity contribution in [3.8, 4) is 11.5 Å². The number of para-hydroxylation sites is 2. The van der Waals surface area contributed by atoms with Crippen molar-refractivity contribution in [2.24, 2.45) is 5.92 Å². The van der Waals surface area contributed by atoms with E-state index in [0.717, 1.165) is 32.4 Å². The maximum absolute atomic E-state index is 12.3. The normalized spacial score (nSPS) is 22.7. The summed E-state index contributed by atoms with van der Waals surface area (Å²) in [6.45, 7) is 2.40. The number of hydrogen-bond donors (Lipinski definition) is 3. The van der Waals surface area contributed by atoms with Gasteiger partial charge in [-0.05, 0) is 42.9 Å². The van der Waals surface area contributed by atoms with Gasteiger partial charge in [-0.2, -0.15) is 0 Å². The van der Waals surface area contributed by atoms with Crippen LogP contribution in [0.3, 0.4) is 0 Å². The minimum atomic E-state index is -0.790. The maximum Gasteiger partial charge on any atom is 0.293 e. The highest BCUT2D eigenvalue weighted by molar-refractivity contribution is 5.85. The molecule has 158 valence electrons. The number of quaternary nitrogens is 1. The van der Waals surface area contributed by atoms with E-state index in [9.17, 15) is 9.59 Å². The first kappa shape index (κ1) is 20.2. The Labute approximate surface area is 176 Å². The number of nitrogens with one attached hydrogen (secondary N) is 3. The van der Waals surface area contributed by atoms with Crippen LogP contribution < -0.4 is 25.2 Å². The second kappa shape index (κ2) is 9.63. The first-order valence-electron chi connectivity index (χ1n) is 10.5. The van der Waals surface area contributed by atoms with Crippen molar-refractivity contribution in [1.29, 1.82) is 0 Å². The summed E-state index contributed by atoms with van der Waals surface area (Å²) in [7, 11) is 0. The number of amides is 2. The van der Waals surface area contributed by atoms with Crippen molar-refractivity contribution in [2.75, 3.05) is 26.2 Å². The zero-order valence-electron chi connectivity index (χ0n) is 16.9. The molecule has 0 aliphatic carbocycles. The molecule has 2 aliphatic rings. The number of hydrogen-bond acceptors (Lipinski definition) is 4. The monoisotopic (exact) mass is 410 g/mol. The van der Waals surface area contributed by atoms with Gasteiger partial charge in [-0.3, -0.25) is 20.4 Å². The fraction of sp³-hybridized carbons (Fsp3) is 0.391. The summed E-state index contributed by atoms with van der Waals surface area (Å²) < 4.78 is 11.2. The highest BCUT2D eigenvalue weighted by atomic mass is 16.6. The van der Waals surface area contributed by atoms with Gasteiger partial charge in [-0.1, -0.05) is 42.5 Å². The molecule has 1 atom stereocenters. The van der Waals surface area contributed by atoms with Gasteiger partial charge in [0.15, 0.2) is 18.0 Å². The number of fused-ring (bicyclic) bond motifs is 1. The van der Waals surface area contributed by atoms with Gasteiger partial charge in [0.1, 0.15) is 6.61 Å². The lowest BCUT2D eigenvalue weighted by Crippen LogP contribution is -3.14. The largest absolute Gasteiger partial charge is 0.485 e. The molecule has 1 saturated heterocycles. The highest BCUT2D eigenvalue weighted by Crippen LogP contribution is 2.30. The van der Waals surface area contributed by atoms with Crippen LogP contribution in [0.4, 0.5) is 0 Å². The van der Waals surface area contributed by atoms with Crippen molar-refractivity contribution in [1.82, 2.24) is 10.9 Å². The lowest BCUT2D eigenvalue weighted by atomic mass is 9.90. The SMILES string of the molecule is O=C(C[NH+]1CCC(Cc2ccccc2)CC1)NNC(=O)[C@H]1COc2ccccc2O1. The van der Waals surface area contributed by atoms with Crippen LogP contribution in [0.5, 0.6) is 11.5 Å². The molecule has 0 bridgehead atoms. The number of hydrazine groups is 1. The van der Waals surface area contributed by atoms with Gasteiger partial charge >= 0.3 is 0 Å². The average Bonchev–Trinajstić information content (AvgIpc) is 2.79. The van der Waals surface area contributed by atoms with Crippen molar-refractivity contribution < 1.29 is 24.0 Å². The second-order valence-corrected chi connectivity index (χ2v) is 7.96. The Balaban J connectivity index is 1.16. The van der Waals surface area contributed by atoms with Crippen molar-refractivity contribution in [2.45, 2.75) is 25.4 Å². The first-order valence-corrected chi connectivity index (χ1v) is 10.5. The Bertz CT molecular complexity index is 866. The average molecular weight is 410 g/mol. The van der Waals surface area contributed by atoms with Gasteiger partial charge in [-0.25, -0.2) is 0 Å². The molecule has 0 radical (unpaired) electrons. The third-order valence-electron chi connectivity index (χ3n) is 5.72. The Kier molecular flexibility index (Phi) is 6.49. The van der Waals surface area contributed by atoms with Crippen LogP contribution in [0.1, 0.15) is 18.4 Å².